The van der Waals surface area contributed by atoms with Crippen LogP contribution in [0.5, 0.6) is 0 Å². The lowest BCUT2D eigenvalue weighted by molar-refractivity contribution is -0.314. The molecule has 0 saturated carbocycles. The molecule has 1 unspecified atom stereocenters. The van der Waals surface area contributed by atoms with Crippen molar-refractivity contribution >= 4 is 64.3 Å². The Bertz CT molecular complexity index is 867. The largest absolute Gasteiger partial charge is 0.630 e. The van der Waals surface area contributed by atoms with Crippen molar-refractivity contribution in [3.8, 4) is 0 Å². The van der Waals surface area contributed by atoms with Gasteiger partial charge in [-0.05, 0) is 0 Å². The molecule has 0 aromatic rings. The van der Waals surface area contributed by atoms with Crippen LogP contribution in [0, 0.1) is 0 Å². The molecule has 1 fully saturated rings. The van der Waals surface area contributed by atoms with Gasteiger partial charge in [-0.1, -0.05) is 0 Å². The first-order valence-corrected chi connectivity index (χ1v) is 11.6. The third-order valence-corrected chi connectivity index (χ3v) is 4.84. The van der Waals surface area contributed by atoms with E-state index in [9.17, 15) is 45.1 Å². The summed E-state index contributed by atoms with van der Waals surface area (Å²) in [6.45, 7) is 0. The van der Waals surface area contributed by atoms with Crippen molar-refractivity contribution in [1.29, 1.82) is 0 Å². The van der Waals surface area contributed by atoms with Crippen LogP contribution in [0.3, 0.4) is 0 Å². The van der Waals surface area contributed by atoms with Crippen LogP contribution in [-0.2, 0) is 66.0 Å². The van der Waals surface area contributed by atoms with Gasteiger partial charge in [0, 0.05) is 12.4 Å². The van der Waals surface area contributed by atoms with Crippen LogP contribution in [0.1, 0.15) is 6.42 Å². The van der Waals surface area contributed by atoms with E-state index in [0.717, 1.165) is 0 Å². The molecule has 1 atom stereocenters. The Labute approximate surface area is 159 Å². The Balaban J connectivity index is 3.07. The summed E-state index contributed by atoms with van der Waals surface area (Å²) in [7, 11) is -21.2. The van der Waals surface area contributed by atoms with E-state index in [4.69, 9.17) is 0 Å². The topological polar surface area (TPSA) is 238 Å². The van der Waals surface area contributed by atoms with Gasteiger partial charge in [0.15, 0.2) is 0 Å². The van der Waals surface area contributed by atoms with Gasteiger partial charge in [-0.15, -0.1) is 0 Å². The Morgan fingerprint density at radius 2 is 1.18 bits per heavy atom. The van der Waals surface area contributed by atoms with Crippen molar-refractivity contribution in [1.82, 2.24) is 0 Å². The molecule has 0 N–H and O–H groups in total. The molecule has 158 valence electrons. The van der Waals surface area contributed by atoms with Crippen LogP contribution in [0.15, 0.2) is 0 Å². The maximum atomic E-state index is 11.9. The summed E-state index contributed by atoms with van der Waals surface area (Å²) < 4.78 is 94.3. The van der Waals surface area contributed by atoms with Crippen molar-refractivity contribution in [3.05, 3.63) is 0 Å². The number of aliphatic carboxylic acids is 2. The van der Waals surface area contributed by atoms with Crippen molar-refractivity contribution in [2.24, 2.45) is 0 Å². The summed E-state index contributed by atoms with van der Waals surface area (Å²) in [5, 5.41) is 18.6. The van der Waals surface area contributed by atoms with E-state index < -0.39 is 75.9 Å². The molecule has 1 saturated heterocycles. The molecule has 0 spiro atoms. The van der Waals surface area contributed by atoms with Crippen molar-refractivity contribution < 1.29 is 71.1 Å². The van der Waals surface area contributed by atoms with Crippen LogP contribution in [-0.4, -0.2) is 76.9 Å². The third-order valence-electron chi connectivity index (χ3n) is 2.35. The van der Waals surface area contributed by atoms with Gasteiger partial charge in [-0.25, -0.2) is 16.8 Å². The fraction of sp³-hybridized carbons (Fsp3) is 0.667. The summed E-state index contributed by atoms with van der Waals surface area (Å²) in [4.78, 5) is 21.3. The van der Waals surface area contributed by atoms with Crippen molar-refractivity contribution in [2.45, 2.75) is 11.7 Å². The third kappa shape index (κ3) is 8.83. The SMILES string of the molecule is CS(=O)(=O)OB1OB(OS(C)(=O)=O)OB(OS(=O)(=O)C(CC(=O)[O-])C(=O)[O-])O1. The molecular formula is C6H9B3O16S3-2. The van der Waals surface area contributed by atoms with E-state index in [1.165, 1.54) is 0 Å². The summed E-state index contributed by atoms with van der Waals surface area (Å²) in [5.41, 5.74) is 0. The number of hydrogen-bond acceptors (Lipinski definition) is 16. The van der Waals surface area contributed by atoms with E-state index in [0.29, 0.717) is 12.5 Å². The summed E-state index contributed by atoms with van der Waals surface area (Å²) in [5.74, 6) is -4.48. The van der Waals surface area contributed by atoms with Gasteiger partial charge in [0.2, 0.25) is 0 Å². The first kappa shape index (κ1) is 24.8. The smallest absolute Gasteiger partial charge is 0.550 e. The number of carbonyl (C=O) groups is 2. The van der Waals surface area contributed by atoms with E-state index in [1.807, 2.05) is 0 Å². The predicted molar refractivity (Wildman–Crippen MR) is 80.8 cm³/mol. The molecule has 1 rings (SSSR count). The van der Waals surface area contributed by atoms with Crippen molar-refractivity contribution in [3.63, 3.8) is 0 Å². The predicted octanol–water partition coefficient (Wildman–Crippen LogP) is -6.44. The maximum absolute atomic E-state index is 11.9. The van der Waals surface area contributed by atoms with Gasteiger partial charge >= 0.3 is 22.0 Å². The first-order chi connectivity index (χ1) is 12.5. The highest BCUT2D eigenvalue weighted by Gasteiger charge is 2.52. The average molecular weight is 466 g/mol. The van der Waals surface area contributed by atoms with E-state index in [2.05, 4.69) is 26.0 Å². The van der Waals surface area contributed by atoms with Crippen LogP contribution in [0.4, 0.5) is 0 Å². The fourth-order valence-corrected chi connectivity index (χ4v) is 3.19. The summed E-state index contributed by atoms with van der Waals surface area (Å²) in [6, 6.07) is 0. The molecule has 0 bridgehead atoms. The Kier molecular flexibility index (Phi) is 8.01. The minimum atomic E-state index is -5.35. The molecule has 0 aliphatic carbocycles. The maximum Gasteiger partial charge on any atom is 0.630 e. The number of hydrogen-bond donors (Lipinski definition) is 0. The van der Waals surface area contributed by atoms with Gasteiger partial charge in [0.25, 0.3) is 30.4 Å². The number of carboxylic acids is 2. The molecule has 28 heavy (non-hydrogen) atoms. The Morgan fingerprint density at radius 1 is 0.821 bits per heavy atom. The van der Waals surface area contributed by atoms with E-state index >= 15 is 0 Å². The fourth-order valence-electron chi connectivity index (χ4n) is 1.42. The quantitative estimate of drug-likeness (QED) is 0.272. The van der Waals surface area contributed by atoms with E-state index in [1.54, 1.807) is 0 Å². The monoisotopic (exact) mass is 466 g/mol. The molecule has 1 heterocycles. The zero-order valence-corrected chi connectivity index (χ0v) is 16.2. The zero-order valence-electron chi connectivity index (χ0n) is 13.8. The van der Waals surface area contributed by atoms with E-state index in [-0.39, 0.29) is 0 Å². The van der Waals surface area contributed by atoms with Gasteiger partial charge in [0.05, 0.1) is 18.5 Å². The minimum Gasteiger partial charge on any atom is -0.550 e. The Hall–Kier alpha value is -1.26. The molecule has 16 nitrogen and oxygen atoms in total. The lowest BCUT2D eigenvalue weighted by Gasteiger charge is -2.27. The standard InChI is InChI=1S/C6H11B3O16S3/c1-26(14,15)23-7-20-8(24-27(2,16)17)22-9(21-7)25-28(18,19)4(6(12)13)3-5(10)11/h4H,3H2,1-2H3,(H,10,11)(H,12,13)/p-2. The Morgan fingerprint density at radius 3 is 1.46 bits per heavy atom. The number of rotatable bonds is 10. The lowest BCUT2D eigenvalue weighted by atomic mass is 9.98. The van der Waals surface area contributed by atoms with Gasteiger partial charge in [0.1, 0.15) is 5.25 Å². The molecule has 0 radical (unpaired) electrons. The number of carboxylic acid groups (broad SMARTS) is 2. The van der Waals surface area contributed by atoms with Gasteiger partial charge in [-0.2, -0.15) is 8.42 Å². The molecule has 0 aromatic carbocycles. The molecule has 0 amide bonds. The second-order valence-electron chi connectivity index (χ2n) is 4.85. The highest BCUT2D eigenvalue weighted by atomic mass is 32.2. The average Bonchev–Trinajstić information content (AvgIpc) is 2.39. The van der Waals surface area contributed by atoms with Crippen LogP contribution >= 0.6 is 0 Å². The highest BCUT2D eigenvalue weighted by Crippen LogP contribution is 2.18. The van der Waals surface area contributed by atoms with Gasteiger partial charge < -0.3 is 33.5 Å². The lowest BCUT2D eigenvalue weighted by Crippen LogP contribution is -2.55. The highest BCUT2D eigenvalue weighted by molar-refractivity contribution is 7.89. The molecule has 1 aliphatic rings. The normalized spacial score (nSPS) is 17.4. The second kappa shape index (κ2) is 9.05. The summed E-state index contributed by atoms with van der Waals surface area (Å²) >= 11 is 0. The zero-order chi connectivity index (χ0) is 21.9. The molecule has 22 heteroatoms. The van der Waals surface area contributed by atoms with Crippen molar-refractivity contribution in [2.75, 3.05) is 12.5 Å². The second-order valence-corrected chi connectivity index (χ2v) is 9.80. The minimum absolute atomic E-state index is 0.514. The molecule has 0 aromatic heterocycles. The molecular weight excluding hydrogens is 457 g/mol. The number of carbonyl (C=O) groups excluding carboxylic acids is 2. The molecule has 1 aliphatic heterocycles. The summed E-state index contributed by atoms with van der Waals surface area (Å²) in [6.07, 6.45) is -0.555. The first-order valence-electron chi connectivity index (χ1n) is 6.54. The van der Waals surface area contributed by atoms with Crippen LogP contribution in [0.2, 0.25) is 0 Å². The van der Waals surface area contributed by atoms with Crippen LogP contribution < -0.4 is 10.2 Å². The van der Waals surface area contributed by atoms with Gasteiger partial charge in [-0.3, -0.25) is 12.3 Å². The van der Waals surface area contributed by atoms with Crippen LogP contribution in [0.25, 0.3) is 0 Å².